The topological polar surface area (TPSA) is 55.6 Å². The molecule has 1 aliphatic heterocycles. The molecule has 0 spiro atoms. The Balaban J connectivity index is 1.89. The molecule has 4 heteroatoms. The number of benzene rings is 1. The Hall–Kier alpha value is -1.55. The molecule has 1 heterocycles. The van der Waals surface area contributed by atoms with Crippen LogP contribution in [0.5, 0.6) is 5.75 Å². The molecule has 2 aliphatic rings. The van der Waals surface area contributed by atoms with Crippen molar-refractivity contribution in [1.82, 2.24) is 4.90 Å². The first kappa shape index (κ1) is 14.4. The molecule has 1 aliphatic carbocycles. The first-order chi connectivity index (χ1) is 10.2. The van der Waals surface area contributed by atoms with E-state index in [1.165, 1.54) is 0 Å². The molecule has 0 bridgehead atoms. The molecular formula is C17H24N2O2. The minimum Gasteiger partial charge on any atom is -0.494 e. The van der Waals surface area contributed by atoms with E-state index in [9.17, 15) is 4.79 Å². The van der Waals surface area contributed by atoms with E-state index in [0.29, 0.717) is 19.1 Å². The van der Waals surface area contributed by atoms with Gasteiger partial charge in [0.25, 0.3) is 0 Å². The molecule has 1 aromatic rings. The van der Waals surface area contributed by atoms with Gasteiger partial charge >= 0.3 is 0 Å². The standard InChI is InChI=1S/C17H24N2O2/c1-2-21-14-10-6-12(7-11-14)17-15(18)4-3-5-16(20)19(17)13-8-9-13/h6-7,10-11,13,15,17H,2-5,8-9,18H2,1H3. The normalized spacial score (nSPS) is 26.6. The number of hydrogen-bond donors (Lipinski definition) is 1. The van der Waals surface area contributed by atoms with Crippen LogP contribution in [0.2, 0.25) is 0 Å². The highest BCUT2D eigenvalue weighted by molar-refractivity contribution is 5.78. The molecule has 114 valence electrons. The first-order valence-electron chi connectivity index (χ1n) is 8.00. The van der Waals surface area contributed by atoms with Crippen LogP contribution in [-0.4, -0.2) is 29.5 Å². The molecule has 2 N–H and O–H groups in total. The van der Waals surface area contributed by atoms with Crippen molar-refractivity contribution in [3.05, 3.63) is 29.8 Å². The number of rotatable bonds is 4. The largest absolute Gasteiger partial charge is 0.494 e. The summed E-state index contributed by atoms with van der Waals surface area (Å²) in [6, 6.07) is 8.52. The second-order valence-electron chi connectivity index (χ2n) is 6.04. The van der Waals surface area contributed by atoms with E-state index in [1.807, 2.05) is 19.1 Å². The smallest absolute Gasteiger partial charge is 0.223 e. The fourth-order valence-electron chi connectivity index (χ4n) is 3.26. The van der Waals surface area contributed by atoms with E-state index in [0.717, 1.165) is 37.0 Å². The molecule has 2 unspecified atom stereocenters. The van der Waals surface area contributed by atoms with Crippen molar-refractivity contribution in [2.45, 2.75) is 57.2 Å². The first-order valence-corrected chi connectivity index (χ1v) is 8.00. The fourth-order valence-corrected chi connectivity index (χ4v) is 3.26. The molecule has 0 aromatic heterocycles. The van der Waals surface area contributed by atoms with Gasteiger partial charge in [-0.05, 0) is 50.3 Å². The Morgan fingerprint density at radius 2 is 1.95 bits per heavy atom. The van der Waals surface area contributed by atoms with Crippen LogP contribution in [-0.2, 0) is 4.79 Å². The van der Waals surface area contributed by atoms with Crippen LogP contribution in [0.4, 0.5) is 0 Å². The Morgan fingerprint density at radius 3 is 2.57 bits per heavy atom. The monoisotopic (exact) mass is 288 g/mol. The summed E-state index contributed by atoms with van der Waals surface area (Å²) in [6.45, 7) is 2.64. The van der Waals surface area contributed by atoms with E-state index in [1.54, 1.807) is 0 Å². The van der Waals surface area contributed by atoms with Crippen molar-refractivity contribution in [3.8, 4) is 5.75 Å². The molecule has 2 fully saturated rings. The van der Waals surface area contributed by atoms with Crippen molar-refractivity contribution in [3.63, 3.8) is 0 Å². The number of nitrogens with zero attached hydrogens (tertiary/aromatic N) is 1. The maximum atomic E-state index is 12.4. The Bertz CT molecular complexity index is 496. The maximum absolute atomic E-state index is 12.4. The second kappa shape index (κ2) is 6.06. The summed E-state index contributed by atoms with van der Waals surface area (Å²) in [6.07, 6.45) is 4.68. The number of amides is 1. The van der Waals surface area contributed by atoms with Crippen molar-refractivity contribution in [2.24, 2.45) is 5.73 Å². The lowest BCUT2D eigenvalue weighted by atomic mass is 9.96. The lowest BCUT2D eigenvalue weighted by Crippen LogP contribution is -2.43. The predicted molar refractivity (Wildman–Crippen MR) is 82.0 cm³/mol. The predicted octanol–water partition coefficient (Wildman–Crippen LogP) is 2.63. The third kappa shape index (κ3) is 3.05. The maximum Gasteiger partial charge on any atom is 0.223 e. The number of ether oxygens (including phenoxy) is 1. The highest BCUT2D eigenvalue weighted by Gasteiger charge is 2.41. The fraction of sp³-hybridized carbons (Fsp3) is 0.588. The second-order valence-corrected chi connectivity index (χ2v) is 6.04. The van der Waals surface area contributed by atoms with Crippen LogP contribution in [0.15, 0.2) is 24.3 Å². The zero-order valence-corrected chi connectivity index (χ0v) is 12.6. The van der Waals surface area contributed by atoms with Crippen LogP contribution in [0.25, 0.3) is 0 Å². The van der Waals surface area contributed by atoms with Gasteiger partial charge in [-0.2, -0.15) is 0 Å². The molecule has 21 heavy (non-hydrogen) atoms. The van der Waals surface area contributed by atoms with Gasteiger partial charge in [-0.25, -0.2) is 0 Å². The van der Waals surface area contributed by atoms with Gasteiger partial charge in [0.15, 0.2) is 0 Å². The number of carbonyl (C=O) groups excluding carboxylic acids is 1. The number of hydrogen-bond acceptors (Lipinski definition) is 3. The molecule has 1 saturated carbocycles. The van der Waals surface area contributed by atoms with Crippen LogP contribution in [0, 0.1) is 0 Å². The summed E-state index contributed by atoms with van der Waals surface area (Å²) in [5.74, 6) is 1.14. The molecular weight excluding hydrogens is 264 g/mol. The molecule has 4 nitrogen and oxygen atoms in total. The third-order valence-electron chi connectivity index (χ3n) is 4.39. The zero-order valence-electron chi connectivity index (χ0n) is 12.6. The van der Waals surface area contributed by atoms with Crippen LogP contribution in [0.3, 0.4) is 0 Å². The average molecular weight is 288 g/mol. The van der Waals surface area contributed by atoms with Gasteiger partial charge in [-0.1, -0.05) is 12.1 Å². The van der Waals surface area contributed by atoms with Gasteiger partial charge in [0.1, 0.15) is 5.75 Å². The van der Waals surface area contributed by atoms with Crippen molar-refractivity contribution in [1.29, 1.82) is 0 Å². The molecule has 1 amide bonds. The SMILES string of the molecule is CCOc1ccc(C2C(N)CCCC(=O)N2C2CC2)cc1. The van der Waals surface area contributed by atoms with Gasteiger partial charge in [-0.3, -0.25) is 4.79 Å². The number of likely N-dealkylation sites (tertiary alicyclic amines) is 1. The van der Waals surface area contributed by atoms with E-state index in [2.05, 4.69) is 17.0 Å². The van der Waals surface area contributed by atoms with Gasteiger partial charge in [0, 0.05) is 18.5 Å². The Kier molecular flexibility index (Phi) is 4.15. The van der Waals surface area contributed by atoms with E-state index in [-0.39, 0.29) is 18.0 Å². The quantitative estimate of drug-likeness (QED) is 0.926. The van der Waals surface area contributed by atoms with Gasteiger partial charge in [-0.15, -0.1) is 0 Å². The molecule has 1 aromatic carbocycles. The van der Waals surface area contributed by atoms with Gasteiger partial charge in [0.05, 0.1) is 12.6 Å². The van der Waals surface area contributed by atoms with Crippen LogP contribution in [0.1, 0.15) is 50.6 Å². The lowest BCUT2D eigenvalue weighted by Gasteiger charge is -2.34. The summed E-state index contributed by atoms with van der Waals surface area (Å²) in [7, 11) is 0. The lowest BCUT2D eigenvalue weighted by molar-refractivity contribution is -0.133. The van der Waals surface area contributed by atoms with Crippen molar-refractivity contribution >= 4 is 5.91 Å². The highest BCUT2D eigenvalue weighted by atomic mass is 16.5. The Labute approximate surface area is 126 Å². The minimum atomic E-state index is 0.0168. The summed E-state index contributed by atoms with van der Waals surface area (Å²) < 4.78 is 5.50. The van der Waals surface area contributed by atoms with E-state index in [4.69, 9.17) is 10.5 Å². The summed E-state index contributed by atoms with van der Waals surface area (Å²) in [5, 5.41) is 0. The average Bonchev–Trinajstić information content (AvgIpc) is 3.30. The molecule has 0 radical (unpaired) electrons. The summed E-state index contributed by atoms with van der Waals surface area (Å²) >= 11 is 0. The number of carbonyl (C=O) groups is 1. The van der Waals surface area contributed by atoms with Gasteiger partial charge in [0.2, 0.25) is 5.91 Å². The Morgan fingerprint density at radius 1 is 1.24 bits per heavy atom. The van der Waals surface area contributed by atoms with Crippen LogP contribution < -0.4 is 10.5 Å². The molecule has 3 rings (SSSR count). The molecule has 2 atom stereocenters. The van der Waals surface area contributed by atoms with E-state index >= 15 is 0 Å². The number of nitrogens with two attached hydrogens (primary N) is 1. The third-order valence-corrected chi connectivity index (χ3v) is 4.39. The van der Waals surface area contributed by atoms with Crippen molar-refractivity contribution in [2.75, 3.05) is 6.61 Å². The highest BCUT2D eigenvalue weighted by Crippen LogP contribution is 2.39. The van der Waals surface area contributed by atoms with Crippen LogP contribution >= 0.6 is 0 Å². The van der Waals surface area contributed by atoms with E-state index < -0.39 is 0 Å². The van der Waals surface area contributed by atoms with Gasteiger partial charge < -0.3 is 15.4 Å². The minimum absolute atomic E-state index is 0.0168. The summed E-state index contributed by atoms with van der Waals surface area (Å²) in [4.78, 5) is 14.5. The summed E-state index contributed by atoms with van der Waals surface area (Å²) in [5.41, 5.74) is 7.53. The zero-order chi connectivity index (χ0) is 14.8. The van der Waals surface area contributed by atoms with Crippen molar-refractivity contribution < 1.29 is 9.53 Å². The molecule has 1 saturated heterocycles.